The Morgan fingerprint density at radius 3 is 2.72 bits per heavy atom. The summed E-state index contributed by atoms with van der Waals surface area (Å²) in [5, 5.41) is 8.93. The van der Waals surface area contributed by atoms with Crippen LogP contribution >= 0.6 is 12.6 Å². The van der Waals surface area contributed by atoms with Gasteiger partial charge in [-0.2, -0.15) is 5.26 Å². The lowest BCUT2D eigenvalue weighted by atomic mass is 10.0. The van der Waals surface area contributed by atoms with Crippen molar-refractivity contribution in [3.63, 3.8) is 0 Å². The van der Waals surface area contributed by atoms with Crippen LogP contribution in [-0.4, -0.2) is 12.6 Å². The second kappa shape index (κ2) is 6.36. The third kappa shape index (κ3) is 3.44. The maximum absolute atomic E-state index is 12.6. The summed E-state index contributed by atoms with van der Waals surface area (Å²) in [5.41, 5.74) is 0.0628. The molecule has 1 aromatic carbocycles. The Kier molecular flexibility index (Phi) is 5.10. The van der Waals surface area contributed by atoms with Gasteiger partial charge >= 0.3 is 5.97 Å². The van der Waals surface area contributed by atoms with E-state index in [-0.39, 0.29) is 34.6 Å². The fraction of sp³-hybridized carbons (Fsp3) is 0.333. The fourth-order valence-corrected chi connectivity index (χ4v) is 1.81. The van der Waals surface area contributed by atoms with Gasteiger partial charge in [0.2, 0.25) is 0 Å². The number of benzene rings is 1. The fourth-order valence-electron chi connectivity index (χ4n) is 1.47. The van der Waals surface area contributed by atoms with Crippen molar-refractivity contribution in [3.8, 4) is 6.07 Å². The van der Waals surface area contributed by atoms with E-state index >= 15 is 0 Å². The summed E-state index contributed by atoms with van der Waals surface area (Å²) in [7, 11) is 0. The number of nitriles is 1. The van der Waals surface area contributed by atoms with E-state index in [1.807, 2.05) is 6.07 Å². The second-order valence-corrected chi connectivity index (χ2v) is 3.95. The van der Waals surface area contributed by atoms with E-state index in [1.54, 1.807) is 6.92 Å². The lowest BCUT2D eigenvalue weighted by Gasteiger charge is -2.09. The zero-order chi connectivity index (χ0) is 13.7. The monoisotopic (exact) mass is 271 g/mol. The smallest absolute Gasteiger partial charge is 0.310 e. The van der Waals surface area contributed by atoms with Crippen molar-refractivity contribution >= 4 is 18.6 Å². The number of esters is 1. The molecule has 0 radical (unpaired) electrons. The highest BCUT2D eigenvalue weighted by atomic mass is 32.1. The Morgan fingerprint density at radius 2 is 2.22 bits per heavy atom. The van der Waals surface area contributed by atoms with Gasteiger partial charge < -0.3 is 4.74 Å². The molecule has 0 aliphatic rings. The first kappa shape index (κ1) is 14.5. The molecule has 0 atom stereocenters. The van der Waals surface area contributed by atoms with Crippen LogP contribution in [0.5, 0.6) is 0 Å². The summed E-state index contributed by atoms with van der Waals surface area (Å²) in [4.78, 5) is 11.5. The molecular weight excluding hydrogens is 260 g/mol. The quantitative estimate of drug-likeness (QED) is 0.676. The van der Waals surface area contributed by atoms with Gasteiger partial charge in [0.15, 0.2) is 0 Å². The van der Waals surface area contributed by atoms with E-state index in [1.165, 1.54) is 0 Å². The van der Waals surface area contributed by atoms with Crippen molar-refractivity contribution in [2.24, 2.45) is 0 Å². The van der Waals surface area contributed by atoms with Crippen LogP contribution in [-0.2, 0) is 16.0 Å². The first-order chi connectivity index (χ1) is 8.49. The van der Waals surface area contributed by atoms with Gasteiger partial charge in [-0.1, -0.05) is 0 Å². The summed E-state index contributed by atoms with van der Waals surface area (Å²) >= 11 is 3.98. The molecule has 0 aromatic heterocycles. The molecule has 0 aliphatic heterocycles. The van der Waals surface area contributed by atoms with Gasteiger partial charge in [-0.25, -0.2) is 8.78 Å². The Bertz CT molecular complexity index is 498. The standard InChI is InChI=1S/C12H11F2NO2S/c1-2-17-11(16)5-7-3-8(12(13)14)4-10(18)9(7)6-15/h3-4,12,18H,2,5H2,1H3. The van der Waals surface area contributed by atoms with Crippen LogP contribution in [0.2, 0.25) is 0 Å². The average molecular weight is 271 g/mol. The molecule has 0 saturated carbocycles. The summed E-state index contributed by atoms with van der Waals surface area (Å²) in [6.07, 6.45) is -2.89. The largest absolute Gasteiger partial charge is 0.466 e. The minimum absolute atomic E-state index is 0.121. The Morgan fingerprint density at radius 1 is 1.56 bits per heavy atom. The van der Waals surface area contributed by atoms with Crippen LogP contribution in [0, 0.1) is 11.3 Å². The Hall–Kier alpha value is -1.61. The molecule has 0 amide bonds. The van der Waals surface area contributed by atoms with Gasteiger partial charge in [-0.3, -0.25) is 4.79 Å². The maximum atomic E-state index is 12.6. The highest BCUT2D eigenvalue weighted by molar-refractivity contribution is 7.80. The number of thiol groups is 1. The van der Waals surface area contributed by atoms with E-state index in [0.29, 0.717) is 0 Å². The van der Waals surface area contributed by atoms with Crippen LogP contribution in [0.1, 0.15) is 30.0 Å². The van der Waals surface area contributed by atoms with Crippen LogP contribution in [0.25, 0.3) is 0 Å². The molecular formula is C12H11F2NO2S. The third-order valence-electron chi connectivity index (χ3n) is 2.23. The zero-order valence-electron chi connectivity index (χ0n) is 9.61. The number of hydrogen-bond donors (Lipinski definition) is 1. The predicted molar refractivity (Wildman–Crippen MR) is 63.7 cm³/mol. The second-order valence-electron chi connectivity index (χ2n) is 3.47. The lowest BCUT2D eigenvalue weighted by molar-refractivity contribution is -0.142. The lowest BCUT2D eigenvalue weighted by Crippen LogP contribution is -2.09. The number of rotatable bonds is 4. The molecule has 6 heteroatoms. The molecule has 96 valence electrons. The van der Waals surface area contributed by atoms with Crippen molar-refractivity contribution in [3.05, 3.63) is 28.8 Å². The molecule has 1 rings (SSSR count). The Balaban J connectivity index is 3.15. The number of carbonyl (C=O) groups excluding carboxylic acids is 1. The van der Waals surface area contributed by atoms with Crippen molar-refractivity contribution in [1.82, 2.24) is 0 Å². The molecule has 1 aromatic rings. The molecule has 0 fully saturated rings. The number of halogens is 2. The number of ether oxygens (including phenoxy) is 1. The number of hydrogen-bond acceptors (Lipinski definition) is 4. The highest BCUT2D eigenvalue weighted by Gasteiger charge is 2.16. The van der Waals surface area contributed by atoms with Gasteiger partial charge in [0.05, 0.1) is 18.6 Å². The molecule has 0 N–H and O–H groups in total. The SMILES string of the molecule is CCOC(=O)Cc1cc(C(F)F)cc(S)c1C#N. The van der Waals surface area contributed by atoms with Gasteiger partial charge in [-0.05, 0) is 24.6 Å². The molecule has 0 bridgehead atoms. The van der Waals surface area contributed by atoms with Gasteiger partial charge in [-0.15, -0.1) is 12.6 Å². The molecule has 0 heterocycles. The summed E-state index contributed by atoms with van der Waals surface area (Å²) in [6, 6.07) is 4.11. The summed E-state index contributed by atoms with van der Waals surface area (Å²) in [5.74, 6) is -0.562. The minimum Gasteiger partial charge on any atom is -0.466 e. The van der Waals surface area contributed by atoms with Crippen LogP contribution in [0.4, 0.5) is 8.78 Å². The normalized spacial score (nSPS) is 10.2. The zero-order valence-corrected chi connectivity index (χ0v) is 10.5. The van der Waals surface area contributed by atoms with E-state index in [2.05, 4.69) is 12.6 Å². The van der Waals surface area contributed by atoms with Gasteiger partial charge in [0.1, 0.15) is 6.07 Å². The molecule has 0 aliphatic carbocycles. The maximum Gasteiger partial charge on any atom is 0.310 e. The van der Waals surface area contributed by atoms with E-state index in [9.17, 15) is 13.6 Å². The van der Waals surface area contributed by atoms with Crippen molar-refractivity contribution in [2.75, 3.05) is 6.61 Å². The molecule has 0 saturated heterocycles. The van der Waals surface area contributed by atoms with Gasteiger partial charge in [0, 0.05) is 10.5 Å². The number of carbonyl (C=O) groups is 1. The van der Waals surface area contributed by atoms with Gasteiger partial charge in [0.25, 0.3) is 6.43 Å². The first-order valence-corrected chi connectivity index (χ1v) is 5.64. The average Bonchev–Trinajstić information content (AvgIpc) is 2.28. The predicted octanol–water partition coefficient (Wildman–Crippen LogP) is 2.89. The topological polar surface area (TPSA) is 50.1 Å². The van der Waals surface area contributed by atoms with E-state index in [4.69, 9.17) is 10.00 Å². The van der Waals surface area contributed by atoms with Crippen LogP contribution < -0.4 is 0 Å². The van der Waals surface area contributed by atoms with E-state index < -0.39 is 12.4 Å². The van der Waals surface area contributed by atoms with E-state index in [0.717, 1.165) is 12.1 Å². The summed E-state index contributed by atoms with van der Waals surface area (Å²) < 4.78 is 30.0. The molecule has 0 unspecified atom stereocenters. The number of nitrogens with zero attached hydrogens (tertiary/aromatic N) is 1. The van der Waals surface area contributed by atoms with Crippen molar-refractivity contribution in [1.29, 1.82) is 5.26 Å². The molecule has 18 heavy (non-hydrogen) atoms. The van der Waals surface area contributed by atoms with Crippen molar-refractivity contribution < 1.29 is 18.3 Å². The minimum atomic E-state index is -2.68. The third-order valence-corrected chi connectivity index (χ3v) is 2.58. The summed E-state index contributed by atoms with van der Waals surface area (Å²) in [6.45, 7) is 1.84. The van der Waals surface area contributed by atoms with Crippen LogP contribution in [0.15, 0.2) is 17.0 Å². The highest BCUT2D eigenvalue weighted by Crippen LogP contribution is 2.27. The molecule has 3 nitrogen and oxygen atoms in total. The Labute approximate surface area is 109 Å². The van der Waals surface area contributed by atoms with Crippen LogP contribution in [0.3, 0.4) is 0 Å². The molecule has 0 spiro atoms. The number of alkyl halides is 2. The van der Waals surface area contributed by atoms with Crippen molar-refractivity contribution in [2.45, 2.75) is 24.7 Å². The first-order valence-electron chi connectivity index (χ1n) is 5.19.